The number of nitrogen functional groups attached to an aromatic ring is 1. The predicted octanol–water partition coefficient (Wildman–Crippen LogP) is 2.46. The molecule has 1 aromatic rings. The Morgan fingerprint density at radius 1 is 1.07 bits per heavy atom. The number of benzene rings is 1. The van der Waals surface area contributed by atoms with Gasteiger partial charge in [0, 0.05) is 11.1 Å². The molecule has 82 valence electrons. The highest BCUT2D eigenvalue weighted by Gasteiger charge is 2.32. The van der Waals surface area contributed by atoms with Crippen LogP contribution in [0.4, 0.5) is 5.69 Å². The normalized spacial score (nSPS) is 20.1. The summed E-state index contributed by atoms with van der Waals surface area (Å²) in [4.78, 5) is 0. The number of nitrogens with two attached hydrogens (primary N) is 1. The molecule has 1 fully saturated rings. The summed E-state index contributed by atoms with van der Waals surface area (Å²) in [6, 6.07) is 8.00. The lowest BCUT2D eigenvalue weighted by Gasteiger charge is -2.36. The Labute approximate surface area is 91.1 Å². The van der Waals surface area contributed by atoms with Gasteiger partial charge in [-0.15, -0.1) is 0 Å². The molecular formula is C13H19NO. The Morgan fingerprint density at radius 3 is 2.20 bits per heavy atom. The van der Waals surface area contributed by atoms with Gasteiger partial charge in [-0.3, -0.25) is 0 Å². The Morgan fingerprint density at radius 2 is 1.67 bits per heavy atom. The zero-order valence-corrected chi connectivity index (χ0v) is 9.08. The van der Waals surface area contributed by atoms with Crippen molar-refractivity contribution in [2.45, 2.75) is 37.5 Å². The van der Waals surface area contributed by atoms with E-state index >= 15 is 0 Å². The van der Waals surface area contributed by atoms with Gasteiger partial charge in [-0.05, 0) is 30.5 Å². The lowest BCUT2D eigenvalue weighted by atomic mass is 9.70. The Kier molecular flexibility index (Phi) is 2.96. The van der Waals surface area contributed by atoms with E-state index in [1.807, 2.05) is 12.1 Å². The molecule has 0 aliphatic heterocycles. The van der Waals surface area contributed by atoms with E-state index in [1.165, 1.54) is 24.8 Å². The van der Waals surface area contributed by atoms with Crippen LogP contribution in [-0.2, 0) is 5.41 Å². The average Bonchev–Trinajstić information content (AvgIpc) is 2.31. The fourth-order valence-electron chi connectivity index (χ4n) is 2.60. The minimum absolute atomic E-state index is 0.00590. The van der Waals surface area contributed by atoms with Gasteiger partial charge in [0.05, 0.1) is 6.61 Å². The third kappa shape index (κ3) is 2.00. The largest absolute Gasteiger partial charge is 0.399 e. The van der Waals surface area contributed by atoms with Crippen molar-refractivity contribution in [1.82, 2.24) is 0 Å². The summed E-state index contributed by atoms with van der Waals surface area (Å²) in [5.41, 5.74) is 7.73. The molecular weight excluding hydrogens is 186 g/mol. The third-order valence-electron chi connectivity index (χ3n) is 3.64. The van der Waals surface area contributed by atoms with Crippen molar-refractivity contribution < 1.29 is 5.11 Å². The summed E-state index contributed by atoms with van der Waals surface area (Å²) in [6.45, 7) is 0.261. The van der Waals surface area contributed by atoms with Crippen molar-refractivity contribution in [3.8, 4) is 0 Å². The minimum Gasteiger partial charge on any atom is -0.399 e. The van der Waals surface area contributed by atoms with Gasteiger partial charge in [-0.2, -0.15) is 0 Å². The summed E-state index contributed by atoms with van der Waals surface area (Å²) in [5, 5.41) is 9.63. The van der Waals surface area contributed by atoms with Crippen molar-refractivity contribution in [3.05, 3.63) is 29.8 Å². The minimum atomic E-state index is 0.00590. The summed E-state index contributed by atoms with van der Waals surface area (Å²) in [5.74, 6) is 0. The maximum absolute atomic E-state index is 9.63. The number of aliphatic hydroxyl groups excluding tert-OH is 1. The van der Waals surface area contributed by atoms with Crippen molar-refractivity contribution in [1.29, 1.82) is 0 Å². The second-order valence-corrected chi connectivity index (χ2v) is 4.62. The first-order valence-corrected chi connectivity index (χ1v) is 5.74. The highest BCUT2D eigenvalue weighted by Crippen LogP contribution is 2.39. The maximum Gasteiger partial charge on any atom is 0.0527 e. The number of hydrogen-bond donors (Lipinski definition) is 2. The fourth-order valence-corrected chi connectivity index (χ4v) is 2.60. The van der Waals surface area contributed by atoms with Gasteiger partial charge >= 0.3 is 0 Å². The number of hydrogen-bond acceptors (Lipinski definition) is 2. The lowest BCUT2D eigenvalue weighted by molar-refractivity contribution is 0.152. The summed E-state index contributed by atoms with van der Waals surface area (Å²) in [6.07, 6.45) is 5.97. The zero-order chi connectivity index (χ0) is 10.7. The van der Waals surface area contributed by atoms with Crippen LogP contribution in [0.5, 0.6) is 0 Å². The molecule has 2 rings (SSSR count). The van der Waals surface area contributed by atoms with Gasteiger partial charge in [-0.25, -0.2) is 0 Å². The van der Waals surface area contributed by atoms with E-state index in [0.717, 1.165) is 18.5 Å². The Hall–Kier alpha value is -1.02. The first-order valence-electron chi connectivity index (χ1n) is 5.74. The number of aliphatic hydroxyl groups is 1. The topological polar surface area (TPSA) is 46.2 Å². The second kappa shape index (κ2) is 4.23. The highest BCUT2D eigenvalue weighted by atomic mass is 16.3. The van der Waals surface area contributed by atoms with Crippen LogP contribution in [0.1, 0.15) is 37.7 Å². The van der Waals surface area contributed by atoms with Crippen LogP contribution >= 0.6 is 0 Å². The van der Waals surface area contributed by atoms with Gasteiger partial charge < -0.3 is 10.8 Å². The van der Waals surface area contributed by atoms with Crippen molar-refractivity contribution >= 4 is 5.69 Å². The van der Waals surface area contributed by atoms with Crippen molar-refractivity contribution in [2.24, 2.45) is 0 Å². The molecule has 2 nitrogen and oxygen atoms in total. The van der Waals surface area contributed by atoms with Crippen LogP contribution < -0.4 is 5.73 Å². The molecule has 0 spiro atoms. The van der Waals surface area contributed by atoms with Crippen LogP contribution in [0.2, 0.25) is 0 Å². The first kappa shape index (κ1) is 10.5. The van der Waals surface area contributed by atoms with Gasteiger partial charge in [0.15, 0.2) is 0 Å². The number of anilines is 1. The summed E-state index contributed by atoms with van der Waals surface area (Å²) < 4.78 is 0. The lowest BCUT2D eigenvalue weighted by Crippen LogP contribution is -2.32. The average molecular weight is 205 g/mol. The van der Waals surface area contributed by atoms with E-state index in [2.05, 4.69) is 12.1 Å². The molecule has 3 N–H and O–H groups in total. The van der Waals surface area contributed by atoms with Gasteiger partial charge in [0.25, 0.3) is 0 Å². The van der Waals surface area contributed by atoms with Gasteiger partial charge in [-0.1, -0.05) is 31.4 Å². The predicted molar refractivity (Wildman–Crippen MR) is 62.7 cm³/mol. The SMILES string of the molecule is Nc1ccc(C2(CO)CCCCC2)cc1. The molecule has 0 unspecified atom stereocenters. The fraction of sp³-hybridized carbons (Fsp3) is 0.538. The van der Waals surface area contributed by atoms with Gasteiger partial charge in [0.2, 0.25) is 0 Å². The van der Waals surface area contributed by atoms with Crippen LogP contribution in [0, 0.1) is 0 Å². The van der Waals surface area contributed by atoms with Crippen molar-refractivity contribution in [3.63, 3.8) is 0 Å². The standard InChI is InChI=1S/C13H19NO/c14-12-6-4-11(5-7-12)13(10-15)8-2-1-3-9-13/h4-7,15H,1-3,8-10,14H2. The van der Waals surface area contributed by atoms with E-state index < -0.39 is 0 Å². The molecule has 0 heterocycles. The molecule has 0 radical (unpaired) electrons. The Bertz CT molecular complexity index is 312. The monoisotopic (exact) mass is 205 g/mol. The van der Waals surface area contributed by atoms with Crippen LogP contribution in [0.15, 0.2) is 24.3 Å². The molecule has 1 saturated carbocycles. The van der Waals surface area contributed by atoms with Crippen LogP contribution in [0.25, 0.3) is 0 Å². The molecule has 0 aromatic heterocycles. The highest BCUT2D eigenvalue weighted by molar-refractivity contribution is 5.41. The first-order chi connectivity index (χ1) is 7.27. The van der Waals surface area contributed by atoms with Crippen LogP contribution in [0.3, 0.4) is 0 Å². The second-order valence-electron chi connectivity index (χ2n) is 4.62. The van der Waals surface area contributed by atoms with E-state index in [1.54, 1.807) is 0 Å². The summed E-state index contributed by atoms with van der Waals surface area (Å²) in [7, 11) is 0. The molecule has 0 atom stereocenters. The molecule has 1 aromatic carbocycles. The third-order valence-corrected chi connectivity index (χ3v) is 3.64. The molecule has 15 heavy (non-hydrogen) atoms. The maximum atomic E-state index is 9.63. The molecule has 0 saturated heterocycles. The Balaban J connectivity index is 2.28. The molecule has 1 aliphatic carbocycles. The van der Waals surface area contributed by atoms with Gasteiger partial charge in [0.1, 0.15) is 0 Å². The smallest absolute Gasteiger partial charge is 0.0527 e. The molecule has 2 heteroatoms. The van der Waals surface area contributed by atoms with Crippen LogP contribution in [-0.4, -0.2) is 11.7 Å². The quantitative estimate of drug-likeness (QED) is 0.728. The molecule has 0 amide bonds. The molecule has 0 bridgehead atoms. The van der Waals surface area contributed by atoms with E-state index in [4.69, 9.17) is 5.73 Å². The summed E-state index contributed by atoms with van der Waals surface area (Å²) >= 11 is 0. The van der Waals surface area contributed by atoms with E-state index in [0.29, 0.717) is 0 Å². The number of rotatable bonds is 2. The van der Waals surface area contributed by atoms with Crippen molar-refractivity contribution in [2.75, 3.05) is 12.3 Å². The van der Waals surface area contributed by atoms with E-state index in [-0.39, 0.29) is 12.0 Å². The zero-order valence-electron chi connectivity index (χ0n) is 9.08. The van der Waals surface area contributed by atoms with E-state index in [9.17, 15) is 5.11 Å². The molecule has 1 aliphatic rings.